The summed E-state index contributed by atoms with van der Waals surface area (Å²) in [5.41, 5.74) is 0.0241. The zero-order valence-corrected chi connectivity index (χ0v) is 16.2. The number of hydrogen-bond acceptors (Lipinski definition) is 6. The molecule has 2 aromatic rings. The van der Waals surface area contributed by atoms with Crippen molar-refractivity contribution in [2.24, 2.45) is 0 Å². The SMILES string of the molecule is COc1ccc2c(c1)C(=O)N(CC1(C#Cc3ccc(C)s3)NC(O)NC1=O)C2. The van der Waals surface area contributed by atoms with Crippen LogP contribution >= 0.6 is 11.3 Å². The Bertz CT molecular complexity index is 1020. The maximum absolute atomic E-state index is 12.9. The molecule has 0 radical (unpaired) electrons. The van der Waals surface area contributed by atoms with Gasteiger partial charge in [0.05, 0.1) is 18.5 Å². The Balaban J connectivity index is 1.63. The van der Waals surface area contributed by atoms with Gasteiger partial charge in [-0.1, -0.05) is 17.9 Å². The molecule has 0 bridgehead atoms. The van der Waals surface area contributed by atoms with E-state index in [1.54, 1.807) is 24.1 Å². The number of nitrogens with one attached hydrogen (secondary N) is 2. The minimum Gasteiger partial charge on any atom is -0.497 e. The Kier molecular flexibility index (Phi) is 4.59. The summed E-state index contributed by atoms with van der Waals surface area (Å²) in [5, 5.41) is 15.1. The van der Waals surface area contributed by atoms with Gasteiger partial charge in [-0.3, -0.25) is 9.59 Å². The van der Waals surface area contributed by atoms with Gasteiger partial charge in [-0.25, -0.2) is 5.32 Å². The van der Waals surface area contributed by atoms with Crippen molar-refractivity contribution in [2.45, 2.75) is 25.4 Å². The number of rotatable bonds is 3. The first-order chi connectivity index (χ1) is 13.4. The molecule has 7 nitrogen and oxygen atoms in total. The van der Waals surface area contributed by atoms with E-state index in [-0.39, 0.29) is 12.5 Å². The highest BCUT2D eigenvalue weighted by molar-refractivity contribution is 7.12. The largest absolute Gasteiger partial charge is 0.497 e. The van der Waals surface area contributed by atoms with Crippen molar-refractivity contribution in [2.75, 3.05) is 13.7 Å². The minimum absolute atomic E-state index is 0.0169. The fourth-order valence-electron chi connectivity index (χ4n) is 3.38. The van der Waals surface area contributed by atoms with Gasteiger partial charge < -0.3 is 20.1 Å². The van der Waals surface area contributed by atoms with Crippen LogP contribution in [-0.2, 0) is 11.3 Å². The minimum atomic E-state index is -1.39. The molecule has 28 heavy (non-hydrogen) atoms. The number of carbonyl (C=O) groups excluding carboxylic acids is 2. The fourth-order valence-corrected chi connectivity index (χ4v) is 4.10. The fraction of sp³-hybridized carbons (Fsp3) is 0.300. The molecule has 144 valence electrons. The van der Waals surface area contributed by atoms with Gasteiger partial charge in [0.1, 0.15) is 5.75 Å². The first-order valence-electron chi connectivity index (χ1n) is 8.73. The number of carbonyl (C=O) groups is 2. The number of ether oxygens (including phenoxy) is 1. The third kappa shape index (κ3) is 3.24. The van der Waals surface area contributed by atoms with Crippen LogP contribution in [0.1, 0.15) is 25.7 Å². The van der Waals surface area contributed by atoms with Gasteiger partial charge in [0, 0.05) is 17.0 Å². The summed E-state index contributed by atoms with van der Waals surface area (Å²) < 4.78 is 5.20. The van der Waals surface area contributed by atoms with E-state index in [9.17, 15) is 14.7 Å². The Morgan fingerprint density at radius 2 is 2.18 bits per heavy atom. The van der Waals surface area contributed by atoms with Crippen molar-refractivity contribution < 1.29 is 19.4 Å². The van der Waals surface area contributed by atoms with E-state index in [4.69, 9.17) is 4.74 Å². The lowest BCUT2D eigenvalue weighted by atomic mass is 9.99. The maximum atomic E-state index is 12.9. The smallest absolute Gasteiger partial charge is 0.257 e. The number of amides is 2. The highest BCUT2D eigenvalue weighted by Crippen LogP contribution is 2.28. The van der Waals surface area contributed by atoms with Crippen LogP contribution in [-0.4, -0.2) is 47.4 Å². The molecule has 8 heteroatoms. The molecule has 0 saturated carbocycles. The van der Waals surface area contributed by atoms with Gasteiger partial charge in [-0.05, 0) is 36.8 Å². The third-order valence-electron chi connectivity index (χ3n) is 4.80. The Morgan fingerprint density at radius 3 is 2.82 bits per heavy atom. The van der Waals surface area contributed by atoms with Crippen molar-refractivity contribution >= 4 is 23.2 Å². The molecule has 4 rings (SSSR count). The van der Waals surface area contributed by atoms with Crippen LogP contribution in [0.3, 0.4) is 0 Å². The normalized spacial score (nSPS) is 23.2. The molecule has 0 aliphatic carbocycles. The zero-order valence-electron chi connectivity index (χ0n) is 15.4. The number of aryl methyl sites for hydroxylation is 1. The number of thiophene rings is 1. The number of hydrogen-bond donors (Lipinski definition) is 3. The molecule has 2 atom stereocenters. The van der Waals surface area contributed by atoms with Crippen LogP contribution in [0, 0.1) is 18.8 Å². The van der Waals surface area contributed by atoms with Crippen molar-refractivity contribution in [1.29, 1.82) is 0 Å². The van der Waals surface area contributed by atoms with E-state index in [2.05, 4.69) is 22.5 Å². The molecule has 1 fully saturated rings. The average Bonchev–Trinajstić information content (AvgIpc) is 3.30. The molecule has 3 N–H and O–H groups in total. The quantitative estimate of drug-likeness (QED) is 0.667. The second-order valence-corrected chi connectivity index (χ2v) is 8.06. The molecule has 2 aliphatic heterocycles. The average molecular weight is 397 g/mol. The predicted octanol–water partition coefficient (Wildman–Crippen LogP) is 0.807. The number of fused-ring (bicyclic) bond motifs is 1. The lowest BCUT2D eigenvalue weighted by Gasteiger charge is -2.26. The standard InChI is InChI=1S/C20H19N3O4S/c1-12-3-6-15(28-12)7-8-20(18(25)21-19(26)22-20)11-23-10-13-4-5-14(27-2)9-16(13)17(23)24/h3-6,9,19,22,26H,10-11H2,1-2H3,(H,21,25). The number of nitrogens with zero attached hydrogens (tertiary/aromatic N) is 1. The lowest BCUT2D eigenvalue weighted by Crippen LogP contribution is -2.54. The third-order valence-corrected chi connectivity index (χ3v) is 5.72. The van der Waals surface area contributed by atoms with Crippen molar-refractivity contribution in [3.63, 3.8) is 0 Å². The van der Waals surface area contributed by atoms with E-state index in [1.807, 2.05) is 25.1 Å². The molecule has 1 aromatic heterocycles. The topological polar surface area (TPSA) is 90.9 Å². The highest BCUT2D eigenvalue weighted by atomic mass is 32.1. The summed E-state index contributed by atoms with van der Waals surface area (Å²) in [7, 11) is 1.55. The molecule has 2 amide bonds. The first kappa shape index (κ1) is 18.5. The monoisotopic (exact) mass is 397 g/mol. The number of methoxy groups -OCH3 is 1. The summed E-state index contributed by atoms with van der Waals surface area (Å²) in [6.45, 7) is 2.36. The number of aliphatic hydroxyl groups excluding tert-OH is 1. The van der Waals surface area contributed by atoms with Gasteiger partial charge in [-0.15, -0.1) is 11.3 Å². The molecule has 1 saturated heterocycles. The first-order valence-corrected chi connectivity index (χ1v) is 9.54. The van der Waals surface area contributed by atoms with Crippen molar-refractivity contribution in [3.8, 4) is 17.6 Å². The van der Waals surface area contributed by atoms with Crippen LogP contribution in [0.15, 0.2) is 30.3 Å². The molecule has 3 heterocycles. The van der Waals surface area contributed by atoms with Gasteiger partial charge in [0.25, 0.3) is 11.8 Å². The summed E-state index contributed by atoms with van der Waals surface area (Å²) in [6, 6.07) is 9.17. The second kappa shape index (κ2) is 6.95. The van der Waals surface area contributed by atoms with Crippen LogP contribution in [0.2, 0.25) is 0 Å². The van der Waals surface area contributed by atoms with E-state index in [0.717, 1.165) is 15.3 Å². The summed E-state index contributed by atoms with van der Waals surface area (Å²) in [5.74, 6) is 5.91. The Morgan fingerprint density at radius 1 is 1.36 bits per heavy atom. The van der Waals surface area contributed by atoms with Crippen molar-refractivity contribution in [3.05, 3.63) is 51.2 Å². The summed E-state index contributed by atoms with van der Waals surface area (Å²) in [4.78, 5) is 29.0. The van der Waals surface area contributed by atoms with Crippen LogP contribution in [0.4, 0.5) is 0 Å². The van der Waals surface area contributed by atoms with E-state index >= 15 is 0 Å². The summed E-state index contributed by atoms with van der Waals surface area (Å²) in [6.07, 6.45) is -1.22. The van der Waals surface area contributed by atoms with E-state index in [0.29, 0.717) is 17.9 Å². The maximum Gasteiger partial charge on any atom is 0.257 e. The van der Waals surface area contributed by atoms with Crippen LogP contribution in [0.25, 0.3) is 0 Å². The second-order valence-electron chi connectivity index (χ2n) is 6.77. The van der Waals surface area contributed by atoms with E-state index in [1.165, 1.54) is 11.3 Å². The molecular weight excluding hydrogens is 378 g/mol. The molecule has 2 aliphatic rings. The summed E-state index contributed by atoms with van der Waals surface area (Å²) >= 11 is 1.52. The van der Waals surface area contributed by atoms with Gasteiger partial charge >= 0.3 is 0 Å². The molecule has 2 unspecified atom stereocenters. The van der Waals surface area contributed by atoms with Gasteiger partial charge in [-0.2, -0.15) is 0 Å². The van der Waals surface area contributed by atoms with Gasteiger partial charge in [0.2, 0.25) is 0 Å². The van der Waals surface area contributed by atoms with E-state index < -0.39 is 17.8 Å². The van der Waals surface area contributed by atoms with Crippen molar-refractivity contribution in [1.82, 2.24) is 15.5 Å². The van der Waals surface area contributed by atoms with Crippen LogP contribution in [0.5, 0.6) is 5.75 Å². The molecular formula is C20H19N3O4S. The van der Waals surface area contributed by atoms with Gasteiger partial charge in [0.15, 0.2) is 11.9 Å². The highest BCUT2D eigenvalue weighted by Gasteiger charge is 2.48. The molecule has 1 aromatic carbocycles. The van der Waals surface area contributed by atoms with Crippen LogP contribution < -0.4 is 15.4 Å². The number of benzene rings is 1. The zero-order chi connectivity index (χ0) is 19.9. The predicted molar refractivity (Wildman–Crippen MR) is 104 cm³/mol. The number of aliphatic hydroxyl groups is 1. The molecule has 0 spiro atoms. The lowest BCUT2D eigenvalue weighted by molar-refractivity contribution is -0.123. The Labute approximate surface area is 166 Å². The Hall–Kier alpha value is -2.86.